The van der Waals surface area contributed by atoms with Crippen LogP contribution in [0.1, 0.15) is 30.4 Å². The second-order valence-electron chi connectivity index (χ2n) is 5.49. The lowest BCUT2D eigenvalue weighted by Gasteiger charge is -2.30. The summed E-state index contributed by atoms with van der Waals surface area (Å²) in [4.78, 5) is 2.40. The number of aryl methyl sites for hydroxylation is 1. The maximum Gasteiger partial charge on any atom is 0.0429 e. The number of anilines is 1. The van der Waals surface area contributed by atoms with Crippen molar-refractivity contribution in [1.29, 1.82) is 0 Å². The number of fused-ring (bicyclic) bond motifs is 1. The summed E-state index contributed by atoms with van der Waals surface area (Å²) in [7, 11) is 2.21. The first-order chi connectivity index (χ1) is 7.68. The number of hydrogen-bond acceptors (Lipinski definition) is 2. The van der Waals surface area contributed by atoms with Gasteiger partial charge in [-0.3, -0.25) is 0 Å². The highest BCUT2D eigenvalue weighted by atomic mass is 15.1. The fourth-order valence-corrected chi connectivity index (χ4v) is 2.81. The van der Waals surface area contributed by atoms with Gasteiger partial charge in [-0.1, -0.05) is 18.2 Å². The molecular formula is C14H20N2. The zero-order chi connectivity index (χ0) is 11.2. The minimum atomic E-state index is 0.118. The SMILES string of the molecule is CN1CCCc2cccc(CC3(N)CC3)c21. The van der Waals surface area contributed by atoms with Gasteiger partial charge in [-0.05, 0) is 43.2 Å². The third kappa shape index (κ3) is 1.71. The number of benzene rings is 1. The molecular weight excluding hydrogens is 196 g/mol. The van der Waals surface area contributed by atoms with Gasteiger partial charge < -0.3 is 10.6 Å². The van der Waals surface area contributed by atoms with Crippen LogP contribution < -0.4 is 10.6 Å². The van der Waals surface area contributed by atoms with Gasteiger partial charge in [0.05, 0.1) is 0 Å². The first-order valence-electron chi connectivity index (χ1n) is 6.29. The molecule has 0 amide bonds. The molecule has 2 nitrogen and oxygen atoms in total. The molecule has 1 aromatic rings. The number of nitrogens with two attached hydrogens (primary N) is 1. The molecule has 1 fully saturated rings. The van der Waals surface area contributed by atoms with Crippen LogP contribution in [0.25, 0.3) is 0 Å². The molecule has 2 heteroatoms. The fourth-order valence-electron chi connectivity index (χ4n) is 2.81. The van der Waals surface area contributed by atoms with Crippen LogP contribution in [0.4, 0.5) is 5.69 Å². The lowest BCUT2D eigenvalue weighted by Crippen LogP contribution is -2.29. The molecule has 1 aliphatic carbocycles. The summed E-state index contributed by atoms with van der Waals surface area (Å²) in [6.45, 7) is 1.18. The van der Waals surface area contributed by atoms with Gasteiger partial charge in [0.25, 0.3) is 0 Å². The van der Waals surface area contributed by atoms with Gasteiger partial charge in [0.2, 0.25) is 0 Å². The van der Waals surface area contributed by atoms with E-state index in [0.717, 1.165) is 6.42 Å². The molecule has 1 heterocycles. The highest BCUT2D eigenvalue weighted by molar-refractivity contribution is 5.61. The number of rotatable bonds is 2. The molecule has 0 unspecified atom stereocenters. The quantitative estimate of drug-likeness (QED) is 0.820. The van der Waals surface area contributed by atoms with Gasteiger partial charge in [0, 0.05) is 24.8 Å². The molecule has 0 radical (unpaired) electrons. The zero-order valence-corrected chi connectivity index (χ0v) is 10.00. The van der Waals surface area contributed by atoms with E-state index >= 15 is 0 Å². The largest absolute Gasteiger partial charge is 0.374 e. The number of hydrogen-bond donors (Lipinski definition) is 1. The Hall–Kier alpha value is -1.02. The Balaban J connectivity index is 1.97. The number of nitrogens with zero attached hydrogens (tertiary/aromatic N) is 1. The van der Waals surface area contributed by atoms with E-state index in [-0.39, 0.29) is 5.54 Å². The maximum absolute atomic E-state index is 6.24. The monoisotopic (exact) mass is 216 g/mol. The highest BCUT2D eigenvalue weighted by Gasteiger charge is 2.39. The predicted molar refractivity (Wildman–Crippen MR) is 67.9 cm³/mol. The predicted octanol–water partition coefficient (Wildman–Crippen LogP) is 2.10. The van der Waals surface area contributed by atoms with Crippen LogP contribution in [0.3, 0.4) is 0 Å². The second kappa shape index (κ2) is 3.49. The van der Waals surface area contributed by atoms with Crippen molar-refractivity contribution >= 4 is 5.69 Å². The second-order valence-corrected chi connectivity index (χ2v) is 5.49. The van der Waals surface area contributed by atoms with Crippen LogP contribution in [0.5, 0.6) is 0 Å². The van der Waals surface area contributed by atoms with Crippen LogP contribution in [0.2, 0.25) is 0 Å². The molecule has 2 N–H and O–H groups in total. The summed E-state index contributed by atoms with van der Waals surface area (Å²) in [5.74, 6) is 0. The third-order valence-corrected chi connectivity index (χ3v) is 3.96. The van der Waals surface area contributed by atoms with Crippen LogP contribution >= 0.6 is 0 Å². The Kier molecular flexibility index (Phi) is 2.21. The van der Waals surface area contributed by atoms with Gasteiger partial charge >= 0.3 is 0 Å². The van der Waals surface area contributed by atoms with Crippen molar-refractivity contribution in [3.05, 3.63) is 29.3 Å². The molecule has 86 valence electrons. The lowest BCUT2D eigenvalue weighted by molar-refractivity contribution is 0.662. The van der Waals surface area contributed by atoms with Crippen LogP contribution in [0.15, 0.2) is 18.2 Å². The Morgan fingerprint density at radius 3 is 2.94 bits per heavy atom. The van der Waals surface area contributed by atoms with Gasteiger partial charge in [0.15, 0.2) is 0 Å². The Bertz CT molecular complexity index is 407. The summed E-state index contributed by atoms with van der Waals surface area (Å²) in [5, 5.41) is 0. The van der Waals surface area contributed by atoms with Crippen molar-refractivity contribution in [2.75, 3.05) is 18.5 Å². The summed E-state index contributed by atoms with van der Waals surface area (Å²) in [6, 6.07) is 6.72. The normalized spacial score (nSPS) is 21.8. The van der Waals surface area contributed by atoms with Crippen molar-refractivity contribution in [3.63, 3.8) is 0 Å². The minimum absolute atomic E-state index is 0.118. The highest BCUT2D eigenvalue weighted by Crippen LogP contribution is 2.39. The van der Waals surface area contributed by atoms with Crippen molar-refractivity contribution in [1.82, 2.24) is 0 Å². The van der Waals surface area contributed by atoms with Crippen LogP contribution in [-0.2, 0) is 12.8 Å². The summed E-state index contributed by atoms with van der Waals surface area (Å²) in [6.07, 6.45) is 5.95. The molecule has 0 spiro atoms. The van der Waals surface area contributed by atoms with E-state index < -0.39 is 0 Å². The van der Waals surface area contributed by atoms with Crippen LogP contribution in [-0.4, -0.2) is 19.1 Å². The molecule has 2 aliphatic rings. The average molecular weight is 216 g/mol. The van der Waals surface area contributed by atoms with Gasteiger partial charge in [-0.25, -0.2) is 0 Å². The van der Waals surface area contributed by atoms with E-state index in [4.69, 9.17) is 5.73 Å². The van der Waals surface area contributed by atoms with Crippen molar-refractivity contribution in [3.8, 4) is 0 Å². The topological polar surface area (TPSA) is 29.3 Å². The fraction of sp³-hybridized carbons (Fsp3) is 0.571. The van der Waals surface area contributed by atoms with Crippen molar-refractivity contribution in [2.45, 2.75) is 37.6 Å². The first kappa shape index (κ1) is 10.2. The third-order valence-electron chi connectivity index (χ3n) is 3.96. The minimum Gasteiger partial charge on any atom is -0.374 e. The van der Waals surface area contributed by atoms with Crippen molar-refractivity contribution in [2.24, 2.45) is 5.73 Å². The molecule has 1 aliphatic heterocycles. The van der Waals surface area contributed by atoms with E-state index in [0.29, 0.717) is 0 Å². The smallest absolute Gasteiger partial charge is 0.0429 e. The van der Waals surface area contributed by atoms with Crippen molar-refractivity contribution < 1.29 is 0 Å². The molecule has 0 aromatic heterocycles. The van der Waals surface area contributed by atoms with E-state index in [9.17, 15) is 0 Å². The Morgan fingerprint density at radius 1 is 1.38 bits per heavy atom. The van der Waals surface area contributed by atoms with E-state index in [2.05, 4.69) is 30.1 Å². The zero-order valence-electron chi connectivity index (χ0n) is 10.00. The van der Waals surface area contributed by atoms with E-state index in [1.807, 2.05) is 0 Å². The van der Waals surface area contributed by atoms with Gasteiger partial charge in [-0.2, -0.15) is 0 Å². The standard InChI is InChI=1S/C14H20N2/c1-16-9-3-6-11-4-2-5-12(13(11)16)10-14(15)7-8-14/h2,4-5H,3,6-10,15H2,1H3. The molecule has 16 heavy (non-hydrogen) atoms. The van der Waals surface area contributed by atoms with Gasteiger partial charge in [0.1, 0.15) is 0 Å². The molecule has 1 aromatic carbocycles. The molecule has 1 saturated carbocycles. The van der Waals surface area contributed by atoms with E-state index in [1.54, 1.807) is 0 Å². The summed E-state index contributed by atoms with van der Waals surface area (Å²) < 4.78 is 0. The summed E-state index contributed by atoms with van der Waals surface area (Å²) in [5.41, 5.74) is 10.8. The lowest BCUT2D eigenvalue weighted by atomic mass is 9.94. The maximum atomic E-state index is 6.24. The molecule has 3 rings (SSSR count). The summed E-state index contributed by atoms with van der Waals surface area (Å²) >= 11 is 0. The molecule has 0 saturated heterocycles. The molecule has 0 atom stereocenters. The van der Waals surface area contributed by atoms with Gasteiger partial charge in [-0.15, -0.1) is 0 Å². The van der Waals surface area contributed by atoms with Crippen LogP contribution in [0, 0.1) is 0 Å². The first-order valence-corrected chi connectivity index (χ1v) is 6.29. The molecule has 0 bridgehead atoms. The number of para-hydroxylation sites is 1. The van der Waals surface area contributed by atoms with E-state index in [1.165, 1.54) is 49.0 Å². The Labute approximate surface area is 97.4 Å². The average Bonchev–Trinajstić information content (AvgIpc) is 2.96. The Morgan fingerprint density at radius 2 is 2.19 bits per heavy atom.